The van der Waals surface area contributed by atoms with E-state index in [4.69, 9.17) is 4.74 Å². The second-order valence-corrected chi connectivity index (χ2v) is 6.32. The molecule has 0 unspecified atom stereocenters. The number of benzene rings is 1. The Morgan fingerprint density at radius 1 is 1.19 bits per heavy atom. The lowest BCUT2D eigenvalue weighted by Gasteiger charge is -2.11. The topological polar surface area (TPSA) is 80.3 Å². The van der Waals surface area contributed by atoms with Gasteiger partial charge >= 0.3 is 0 Å². The average molecular weight is 353 g/mol. The molecule has 6 nitrogen and oxygen atoms in total. The van der Waals surface area contributed by atoms with Gasteiger partial charge in [-0.3, -0.25) is 14.6 Å². The summed E-state index contributed by atoms with van der Waals surface area (Å²) in [7, 11) is 1.60. The van der Waals surface area contributed by atoms with Crippen LogP contribution in [0.3, 0.4) is 0 Å². The second kappa shape index (κ2) is 8.10. The van der Waals surface area contributed by atoms with Gasteiger partial charge in [0.05, 0.1) is 17.0 Å². The van der Waals surface area contributed by atoms with E-state index in [0.717, 1.165) is 29.7 Å². The Morgan fingerprint density at radius 2 is 1.96 bits per heavy atom. The van der Waals surface area contributed by atoms with Crippen LogP contribution in [-0.2, 0) is 16.1 Å². The second-order valence-electron chi connectivity index (χ2n) is 6.32. The van der Waals surface area contributed by atoms with Crippen molar-refractivity contribution >= 4 is 11.8 Å². The van der Waals surface area contributed by atoms with Gasteiger partial charge in [-0.2, -0.15) is 0 Å². The Kier molecular flexibility index (Phi) is 5.63. The van der Waals surface area contributed by atoms with Gasteiger partial charge in [0.25, 0.3) is 5.91 Å². The molecule has 2 heterocycles. The lowest BCUT2D eigenvalue weighted by Crippen LogP contribution is -2.33. The summed E-state index contributed by atoms with van der Waals surface area (Å²) < 4.78 is 5.38. The van der Waals surface area contributed by atoms with Crippen LogP contribution in [0, 0.1) is 6.92 Å². The van der Waals surface area contributed by atoms with Crippen molar-refractivity contribution in [1.29, 1.82) is 0 Å². The third-order valence-electron chi connectivity index (χ3n) is 4.50. The van der Waals surface area contributed by atoms with Crippen LogP contribution in [0.15, 0.2) is 36.4 Å². The third kappa shape index (κ3) is 4.08. The molecule has 0 saturated carbocycles. The number of nitrogens with zero attached hydrogens (tertiary/aromatic N) is 1. The fourth-order valence-electron chi connectivity index (χ4n) is 2.98. The summed E-state index contributed by atoms with van der Waals surface area (Å²) in [5, 5.41) is 5.52. The van der Waals surface area contributed by atoms with E-state index in [2.05, 4.69) is 15.6 Å². The summed E-state index contributed by atoms with van der Waals surface area (Å²) in [6.45, 7) is 2.96. The summed E-state index contributed by atoms with van der Waals surface area (Å²) in [5.41, 5.74) is 4.05. The first kappa shape index (κ1) is 18.1. The van der Waals surface area contributed by atoms with Crippen molar-refractivity contribution < 1.29 is 14.3 Å². The van der Waals surface area contributed by atoms with Crippen LogP contribution in [0.2, 0.25) is 0 Å². The molecule has 0 radical (unpaired) electrons. The van der Waals surface area contributed by atoms with Crippen LogP contribution in [-0.4, -0.2) is 36.6 Å². The first-order valence-corrected chi connectivity index (χ1v) is 8.77. The highest BCUT2D eigenvalue weighted by molar-refractivity contribution is 5.95. The minimum absolute atomic E-state index is 0.0475. The van der Waals surface area contributed by atoms with E-state index in [1.807, 2.05) is 37.3 Å². The molecule has 0 bridgehead atoms. The van der Waals surface area contributed by atoms with Crippen LogP contribution < -0.4 is 10.6 Å². The van der Waals surface area contributed by atoms with Gasteiger partial charge in [-0.1, -0.05) is 24.3 Å². The van der Waals surface area contributed by atoms with Gasteiger partial charge in [-0.05, 0) is 37.5 Å². The van der Waals surface area contributed by atoms with E-state index >= 15 is 0 Å². The van der Waals surface area contributed by atoms with Crippen molar-refractivity contribution in [2.45, 2.75) is 32.4 Å². The molecule has 1 aromatic heterocycles. The number of hydrogen-bond donors (Lipinski definition) is 2. The molecular formula is C20H23N3O3. The maximum Gasteiger partial charge on any atom is 0.252 e. The van der Waals surface area contributed by atoms with E-state index in [0.29, 0.717) is 24.4 Å². The van der Waals surface area contributed by atoms with Crippen LogP contribution in [0.5, 0.6) is 0 Å². The summed E-state index contributed by atoms with van der Waals surface area (Å²) in [6, 6.07) is 11.5. The highest BCUT2D eigenvalue weighted by Gasteiger charge is 2.22. The van der Waals surface area contributed by atoms with Crippen molar-refractivity contribution in [3.63, 3.8) is 0 Å². The SMILES string of the molecule is CNC(=O)c1ccc(-c2ccc(CNC(=O)[C@@H]3CCCO3)cc2)nc1C. The molecule has 1 saturated heterocycles. The maximum absolute atomic E-state index is 12.0. The van der Waals surface area contributed by atoms with Crippen molar-refractivity contribution in [2.24, 2.45) is 0 Å². The number of carbonyl (C=O) groups is 2. The van der Waals surface area contributed by atoms with Crippen LogP contribution in [0.25, 0.3) is 11.3 Å². The Balaban J connectivity index is 1.64. The minimum Gasteiger partial charge on any atom is -0.368 e. The van der Waals surface area contributed by atoms with Gasteiger partial charge in [-0.15, -0.1) is 0 Å². The minimum atomic E-state index is -0.305. The molecular weight excluding hydrogens is 330 g/mol. The normalized spacial score (nSPS) is 16.3. The lowest BCUT2D eigenvalue weighted by atomic mass is 10.1. The number of ether oxygens (including phenoxy) is 1. The molecule has 26 heavy (non-hydrogen) atoms. The summed E-state index contributed by atoms with van der Waals surface area (Å²) in [4.78, 5) is 28.3. The van der Waals surface area contributed by atoms with Gasteiger partial charge in [0, 0.05) is 25.8 Å². The molecule has 0 spiro atoms. The number of pyridine rings is 1. The molecule has 1 aliphatic heterocycles. The zero-order valence-corrected chi connectivity index (χ0v) is 15.0. The number of aromatic nitrogens is 1. The molecule has 6 heteroatoms. The number of hydrogen-bond acceptors (Lipinski definition) is 4. The molecule has 1 aromatic carbocycles. The Labute approximate surface area is 153 Å². The summed E-state index contributed by atoms with van der Waals surface area (Å²) in [6.07, 6.45) is 1.43. The van der Waals surface area contributed by atoms with Crippen LogP contribution >= 0.6 is 0 Å². The molecule has 2 aromatic rings. The zero-order chi connectivity index (χ0) is 18.5. The highest BCUT2D eigenvalue weighted by Crippen LogP contribution is 2.20. The molecule has 0 aliphatic carbocycles. The maximum atomic E-state index is 12.0. The summed E-state index contributed by atoms with van der Waals surface area (Å²) in [5.74, 6) is -0.187. The molecule has 2 N–H and O–H groups in total. The van der Waals surface area contributed by atoms with Crippen LogP contribution in [0.4, 0.5) is 0 Å². The predicted molar refractivity (Wildman–Crippen MR) is 98.6 cm³/mol. The van der Waals surface area contributed by atoms with Gasteiger partial charge in [-0.25, -0.2) is 0 Å². The number of amides is 2. The fraction of sp³-hybridized carbons (Fsp3) is 0.350. The van der Waals surface area contributed by atoms with Gasteiger partial charge < -0.3 is 15.4 Å². The Morgan fingerprint density at radius 3 is 2.58 bits per heavy atom. The quantitative estimate of drug-likeness (QED) is 0.864. The van der Waals surface area contributed by atoms with E-state index in [9.17, 15) is 9.59 Å². The number of aryl methyl sites for hydroxylation is 1. The van der Waals surface area contributed by atoms with E-state index < -0.39 is 0 Å². The first-order valence-electron chi connectivity index (χ1n) is 8.77. The van der Waals surface area contributed by atoms with Gasteiger partial charge in [0.2, 0.25) is 5.91 Å². The van der Waals surface area contributed by atoms with Crippen molar-refractivity contribution in [2.75, 3.05) is 13.7 Å². The number of nitrogens with one attached hydrogen (secondary N) is 2. The standard InChI is InChI=1S/C20H23N3O3/c1-13-16(19(24)21-2)9-10-17(23-13)15-7-5-14(6-8-15)12-22-20(25)18-4-3-11-26-18/h5-10,18H,3-4,11-12H2,1-2H3,(H,21,24)(H,22,25)/t18-/m0/s1. The molecule has 2 amide bonds. The molecule has 136 valence electrons. The fourth-order valence-corrected chi connectivity index (χ4v) is 2.98. The predicted octanol–water partition coefficient (Wildman–Crippen LogP) is 2.21. The monoisotopic (exact) mass is 353 g/mol. The van der Waals surface area contributed by atoms with Crippen LogP contribution in [0.1, 0.15) is 34.5 Å². The Bertz CT molecular complexity index is 796. The van der Waals surface area contributed by atoms with Crippen molar-refractivity contribution in [3.05, 3.63) is 53.2 Å². The third-order valence-corrected chi connectivity index (χ3v) is 4.50. The van der Waals surface area contributed by atoms with E-state index in [1.54, 1.807) is 13.1 Å². The zero-order valence-electron chi connectivity index (χ0n) is 15.0. The van der Waals surface area contributed by atoms with Gasteiger partial charge in [0.1, 0.15) is 6.10 Å². The largest absolute Gasteiger partial charge is 0.368 e. The lowest BCUT2D eigenvalue weighted by molar-refractivity contribution is -0.130. The average Bonchev–Trinajstić information content (AvgIpc) is 3.21. The van der Waals surface area contributed by atoms with Crippen molar-refractivity contribution in [3.8, 4) is 11.3 Å². The van der Waals surface area contributed by atoms with Crippen molar-refractivity contribution in [1.82, 2.24) is 15.6 Å². The van der Waals surface area contributed by atoms with Gasteiger partial charge in [0.15, 0.2) is 0 Å². The molecule has 3 rings (SSSR count). The molecule has 1 fully saturated rings. The smallest absolute Gasteiger partial charge is 0.252 e. The Hall–Kier alpha value is -2.73. The summed E-state index contributed by atoms with van der Waals surface area (Å²) >= 11 is 0. The first-order chi connectivity index (χ1) is 12.6. The number of rotatable bonds is 5. The molecule has 1 aliphatic rings. The highest BCUT2D eigenvalue weighted by atomic mass is 16.5. The molecule has 1 atom stereocenters. The number of carbonyl (C=O) groups excluding carboxylic acids is 2. The van der Waals surface area contributed by atoms with E-state index in [-0.39, 0.29) is 17.9 Å². The van der Waals surface area contributed by atoms with E-state index in [1.165, 1.54) is 0 Å².